The van der Waals surface area contributed by atoms with Crippen LogP contribution in [-0.4, -0.2) is 44.4 Å². The highest BCUT2D eigenvalue weighted by Gasteiger charge is 2.23. The number of hydrogen-bond donors (Lipinski definition) is 3. The number of amides is 1. The van der Waals surface area contributed by atoms with Gasteiger partial charge in [0, 0.05) is 12.6 Å². The van der Waals surface area contributed by atoms with E-state index >= 15 is 0 Å². The predicted octanol–water partition coefficient (Wildman–Crippen LogP) is 4.08. The molecular weight excluding hydrogens is 428 g/mol. The Labute approximate surface area is 193 Å². The van der Waals surface area contributed by atoms with Crippen molar-refractivity contribution < 1.29 is 23.1 Å². The summed E-state index contributed by atoms with van der Waals surface area (Å²) < 4.78 is 34.0. The fourth-order valence-electron chi connectivity index (χ4n) is 3.13. The van der Waals surface area contributed by atoms with Crippen molar-refractivity contribution in [1.82, 2.24) is 10.0 Å². The lowest BCUT2D eigenvalue weighted by molar-refractivity contribution is 0.0534. The number of benzene rings is 1. The molecule has 0 aliphatic rings. The number of ether oxygens (including phenoxy) is 1. The number of carbonyl (C=O) groups excluding carboxylic acids is 1. The molecule has 7 nitrogen and oxygen atoms in total. The second kappa shape index (κ2) is 12.4. The van der Waals surface area contributed by atoms with Crippen LogP contribution in [0.3, 0.4) is 0 Å². The molecule has 1 amide bonds. The van der Waals surface area contributed by atoms with Crippen molar-refractivity contribution >= 4 is 16.1 Å². The Morgan fingerprint density at radius 2 is 1.91 bits per heavy atom. The van der Waals surface area contributed by atoms with Gasteiger partial charge >= 0.3 is 6.09 Å². The molecule has 0 saturated heterocycles. The maximum atomic E-state index is 13.1. The van der Waals surface area contributed by atoms with Gasteiger partial charge < -0.3 is 15.2 Å². The Morgan fingerprint density at radius 3 is 2.47 bits per heavy atom. The highest BCUT2D eigenvalue weighted by molar-refractivity contribution is 7.89. The second-order valence-corrected chi connectivity index (χ2v) is 11.4. The van der Waals surface area contributed by atoms with Gasteiger partial charge in [-0.2, -0.15) is 0 Å². The molecule has 0 unspecified atom stereocenters. The Bertz CT molecular complexity index is 886. The monoisotopic (exact) mass is 468 g/mol. The summed E-state index contributed by atoms with van der Waals surface area (Å²) in [5.74, 6) is 0.464. The van der Waals surface area contributed by atoms with Gasteiger partial charge in [-0.05, 0) is 71.4 Å². The van der Waals surface area contributed by atoms with Crippen LogP contribution >= 0.6 is 0 Å². The highest BCUT2D eigenvalue weighted by atomic mass is 32.2. The molecule has 0 radical (unpaired) electrons. The normalized spacial score (nSPS) is 13.8. The van der Waals surface area contributed by atoms with Crippen LogP contribution in [0.25, 0.3) is 0 Å². The molecule has 1 aromatic carbocycles. The van der Waals surface area contributed by atoms with E-state index in [1.165, 1.54) is 0 Å². The molecule has 182 valence electrons. The van der Waals surface area contributed by atoms with Gasteiger partial charge in [0.05, 0.1) is 11.5 Å². The number of hydrogen-bond acceptors (Lipinski definition) is 5. The zero-order valence-electron chi connectivity index (χ0n) is 20.5. The third-order valence-corrected chi connectivity index (χ3v) is 6.32. The van der Waals surface area contributed by atoms with Crippen LogP contribution in [0.4, 0.5) is 4.79 Å². The Kier molecular flexibility index (Phi) is 10.9. The molecule has 0 heterocycles. The molecule has 0 aromatic heterocycles. The summed E-state index contributed by atoms with van der Waals surface area (Å²) in [5, 5.41) is 12.4. The highest BCUT2D eigenvalue weighted by Crippen LogP contribution is 2.21. The van der Waals surface area contributed by atoms with Crippen LogP contribution < -0.4 is 10.0 Å². The van der Waals surface area contributed by atoms with Crippen molar-refractivity contribution in [3.8, 4) is 0 Å². The summed E-state index contributed by atoms with van der Waals surface area (Å²) in [6, 6.07) is 4.67. The average Bonchev–Trinajstić information content (AvgIpc) is 2.63. The van der Waals surface area contributed by atoms with E-state index in [0.717, 1.165) is 23.1 Å². The van der Waals surface area contributed by atoms with Crippen molar-refractivity contribution in [2.75, 3.05) is 13.2 Å². The molecule has 8 heteroatoms. The minimum absolute atomic E-state index is 0.253. The minimum atomic E-state index is -3.79. The van der Waals surface area contributed by atoms with Gasteiger partial charge in [0.15, 0.2) is 0 Å². The Balaban J connectivity index is 2.83. The van der Waals surface area contributed by atoms with E-state index in [0.29, 0.717) is 18.8 Å². The van der Waals surface area contributed by atoms with E-state index in [2.05, 4.69) is 23.9 Å². The summed E-state index contributed by atoms with van der Waals surface area (Å²) in [5.41, 5.74) is 2.06. The smallest absolute Gasteiger partial charge is 0.407 e. The SMILES string of the molecule is CC(=CCNC(=O)OC(C)(C)C)C[C@@H](CO)NS(=O)(=O)c1ccc(C)cc1CCC(C)C. The second-order valence-electron chi connectivity index (χ2n) is 9.68. The van der Waals surface area contributed by atoms with Gasteiger partial charge in [0.25, 0.3) is 0 Å². The number of aryl methyl sites for hydroxylation is 2. The minimum Gasteiger partial charge on any atom is -0.444 e. The molecule has 1 rings (SSSR count). The first-order valence-electron chi connectivity index (χ1n) is 11.1. The van der Waals surface area contributed by atoms with Crippen molar-refractivity contribution in [2.24, 2.45) is 5.92 Å². The molecule has 0 aliphatic carbocycles. The average molecular weight is 469 g/mol. The number of carbonyl (C=O) groups is 1. The topological polar surface area (TPSA) is 105 Å². The predicted molar refractivity (Wildman–Crippen MR) is 128 cm³/mol. The molecule has 1 atom stereocenters. The van der Waals surface area contributed by atoms with Gasteiger partial charge in [-0.3, -0.25) is 0 Å². The zero-order chi connectivity index (χ0) is 24.5. The molecule has 32 heavy (non-hydrogen) atoms. The van der Waals surface area contributed by atoms with E-state index in [4.69, 9.17) is 4.74 Å². The number of sulfonamides is 1. The molecular formula is C24H40N2O5S. The maximum absolute atomic E-state index is 13.1. The van der Waals surface area contributed by atoms with Crippen molar-refractivity contribution in [3.05, 3.63) is 41.0 Å². The van der Waals surface area contributed by atoms with Gasteiger partial charge in [-0.1, -0.05) is 43.2 Å². The largest absolute Gasteiger partial charge is 0.444 e. The van der Waals surface area contributed by atoms with Crippen LogP contribution in [0.2, 0.25) is 0 Å². The number of alkyl carbamates (subject to hydrolysis) is 1. The molecule has 0 spiro atoms. The van der Waals surface area contributed by atoms with Gasteiger partial charge in [0.2, 0.25) is 10.0 Å². The van der Waals surface area contributed by atoms with Crippen molar-refractivity contribution in [1.29, 1.82) is 0 Å². The summed E-state index contributed by atoms with van der Waals surface area (Å²) >= 11 is 0. The molecule has 3 N–H and O–H groups in total. The zero-order valence-corrected chi connectivity index (χ0v) is 21.3. The van der Waals surface area contributed by atoms with E-state index in [1.54, 1.807) is 39.0 Å². The Morgan fingerprint density at radius 1 is 1.25 bits per heavy atom. The number of aliphatic hydroxyl groups is 1. The Hall–Kier alpha value is -1.90. The quantitative estimate of drug-likeness (QED) is 0.424. The van der Waals surface area contributed by atoms with Gasteiger partial charge in [-0.25, -0.2) is 17.9 Å². The van der Waals surface area contributed by atoms with Crippen LogP contribution in [0.5, 0.6) is 0 Å². The van der Waals surface area contributed by atoms with Crippen LogP contribution in [0.1, 0.15) is 65.5 Å². The number of rotatable bonds is 11. The van der Waals surface area contributed by atoms with Gasteiger partial charge in [0.1, 0.15) is 5.60 Å². The lowest BCUT2D eigenvalue weighted by atomic mass is 10.0. The third kappa shape index (κ3) is 10.6. The first-order chi connectivity index (χ1) is 14.7. The number of nitrogens with one attached hydrogen (secondary N) is 2. The lowest BCUT2D eigenvalue weighted by Crippen LogP contribution is -2.38. The summed E-state index contributed by atoms with van der Waals surface area (Å²) in [6.07, 6.45) is 3.14. The molecule has 0 saturated carbocycles. The van der Waals surface area contributed by atoms with E-state index in [1.807, 2.05) is 19.9 Å². The van der Waals surface area contributed by atoms with E-state index in [9.17, 15) is 18.3 Å². The molecule has 0 fully saturated rings. The third-order valence-electron chi connectivity index (χ3n) is 4.70. The molecule has 0 aliphatic heterocycles. The van der Waals surface area contributed by atoms with Crippen LogP contribution in [-0.2, 0) is 21.2 Å². The van der Waals surface area contributed by atoms with E-state index < -0.39 is 27.8 Å². The summed E-state index contributed by atoms with van der Waals surface area (Å²) in [4.78, 5) is 12.0. The fraction of sp³-hybridized carbons (Fsp3) is 0.625. The maximum Gasteiger partial charge on any atom is 0.407 e. The summed E-state index contributed by atoms with van der Waals surface area (Å²) in [6.45, 7) is 13.3. The fourth-order valence-corrected chi connectivity index (χ4v) is 4.61. The first-order valence-corrected chi connectivity index (χ1v) is 12.6. The van der Waals surface area contributed by atoms with Crippen LogP contribution in [0, 0.1) is 12.8 Å². The first kappa shape index (κ1) is 28.1. The van der Waals surface area contributed by atoms with Crippen molar-refractivity contribution in [2.45, 2.75) is 84.3 Å². The standard InChI is InChI=1S/C24H40N2O5S/c1-17(2)8-10-20-14-18(3)9-11-22(20)32(29,30)26-21(16-27)15-19(4)12-13-25-23(28)31-24(5,6)7/h9,11-12,14,17,21,26-27H,8,10,13,15-16H2,1-7H3,(H,25,28)/t21-/m0/s1. The van der Waals surface area contributed by atoms with Crippen LogP contribution in [0.15, 0.2) is 34.7 Å². The van der Waals surface area contributed by atoms with Crippen molar-refractivity contribution in [3.63, 3.8) is 0 Å². The van der Waals surface area contributed by atoms with Gasteiger partial charge in [-0.15, -0.1) is 0 Å². The lowest BCUT2D eigenvalue weighted by Gasteiger charge is -2.20. The van der Waals surface area contributed by atoms with E-state index in [-0.39, 0.29) is 18.0 Å². The molecule has 1 aromatic rings. The molecule has 0 bridgehead atoms. The summed E-state index contributed by atoms with van der Waals surface area (Å²) in [7, 11) is -3.79. The number of aliphatic hydroxyl groups excluding tert-OH is 1.